The van der Waals surface area contributed by atoms with Crippen LogP contribution in [0.4, 0.5) is 0 Å². The Morgan fingerprint density at radius 1 is 1.28 bits per heavy atom. The number of hydrogen-bond donors (Lipinski definition) is 2. The van der Waals surface area contributed by atoms with Gasteiger partial charge >= 0.3 is 0 Å². The van der Waals surface area contributed by atoms with Gasteiger partial charge in [-0.15, -0.1) is 0 Å². The van der Waals surface area contributed by atoms with Crippen LogP contribution in [0.25, 0.3) is 0 Å². The standard InChI is InChI=1S/C20H24N2O3/c1-14-7-5-12-18(23)22(14)13-20(2,25)19(24)21-17-11-6-9-15-8-3-4-10-16(15)17/h3-5,7-8,10,12,17,25H,6,9,11,13H2,1-2H3,(H,21,24). The molecule has 3 rings (SSSR count). The third kappa shape index (κ3) is 3.66. The Bertz CT molecular complexity index is 839. The highest BCUT2D eigenvalue weighted by Crippen LogP contribution is 2.29. The number of rotatable bonds is 4. The molecule has 1 amide bonds. The summed E-state index contributed by atoms with van der Waals surface area (Å²) in [6, 6.07) is 12.9. The van der Waals surface area contributed by atoms with Crippen molar-refractivity contribution < 1.29 is 9.90 Å². The molecule has 0 saturated heterocycles. The second-order valence-corrected chi connectivity index (χ2v) is 6.98. The van der Waals surface area contributed by atoms with E-state index in [4.69, 9.17) is 0 Å². The van der Waals surface area contributed by atoms with Gasteiger partial charge in [-0.1, -0.05) is 30.3 Å². The van der Waals surface area contributed by atoms with Gasteiger partial charge in [0.1, 0.15) is 0 Å². The predicted octanol–water partition coefficient (Wildman–Crippen LogP) is 2.10. The summed E-state index contributed by atoms with van der Waals surface area (Å²) in [5.74, 6) is -0.454. The monoisotopic (exact) mass is 340 g/mol. The molecule has 132 valence electrons. The molecule has 5 nitrogen and oxygen atoms in total. The molecular weight excluding hydrogens is 316 g/mol. The van der Waals surface area contributed by atoms with Crippen molar-refractivity contribution in [1.82, 2.24) is 9.88 Å². The van der Waals surface area contributed by atoms with Crippen LogP contribution in [0.3, 0.4) is 0 Å². The number of fused-ring (bicyclic) bond motifs is 1. The van der Waals surface area contributed by atoms with Crippen molar-refractivity contribution in [3.8, 4) is 0 Å². The summed E-state index contributed by atoms with van der Waals surface area (Å²) in [5.41, 5.74) is 1.18. The van der Waals surface area contributed by atoms with Gasteiger partial charge < -0.3 is 15.0 Å². The number of amides is 1. The van der Waals surface area contributed by atoms with Crippen LogP contribution in [0.5, 0.6) is 0 Å². The highest BCUT2D eigenvalue weighted by molar-refractivity contribution is 5.84. The molecule has 0 aliphatic heterocycles. The maximum Gasteiger partial charge on any atom is 0.254 e. The minimum atomic E-state index is -1.66. The molecular formula is C20H24N2O3. The largest absolute Gasteiger partial charge is 0.378 e. The summed E-state index contributed by atoms with van der Waals surface area (Å²) in [4.78, 5) is 24.7. The van der Waals surface area contributed by atoms with Gasteiger partial charge in [0.15, 0.2) is 5.60 Å². The Hall–Kier alpha value is -2.40. The first-order valence-corrected chi connectivity index (χ1v) is 8.66. The minimum absolute atomic E-state index is 0.0707. The number of carbonyl (C=O) groups is 1. The minimum Gasteiger partial charge on any atom is -0.378 e. The summed E-state index contributed by atoms with van der Waals surface area (Å²) in [5, 5.41) is 13.7. The quantitative estimate of drug-likeness (QED) is 0.895. The summed E-state index contributed by atoms with van der Waals surface area (Å²) >= 11 is 0. The summed E-state index contributed by atoms with van der Waals surface area (Å²) < 4.78 is 1.42. The molecule has 25 heavy (non-hydrogen) atoms. The molecule has 1 aliphatic carbocycles. The lowest BCUT2D eigenvalue weighted by Crippen LogP contribution is -2.50. The molecule has 0 radical (unpaired) electrons. The SMILES string of the molecule is Cc1cccc(=O)n1CC(C)(O)C(=O)NC1CCCc2ccccc21. The van der Waals surface area contributed by atoms with Gasteiger partial charge in [0.25, 0.3) is 11.5 Å². The van der Waals surface area contributed by atoms with E-state index in [2.05, 4.69) is 11.4 Å². The van der Waals surface area contributed by atoms with Gasteiger partial charge in [-0.25, -0.2) is 0 Å². The van der Waals surface area contributed by atoms with Gasteiger partial charge in [-0.05, 0) is 50.3 Å². The fraction of sp³-hybridized carbons (Fsp3) is 0.400. The van der Waals surface area contributed by atoms with Crippen molar-refractivity contribution in [1.29, 1.82) is 0 Å². The van der Waals surface area contributed by atoms with Gasteiger partial charge in [0.2, 0.25) is 0 Å². The Morgan fingerprint density at radius 2 is 2.04 bits per heavy atom. The molecule has 0 bridgehead atoms. The average molecular weight is 340 g/mol. The third-order valence-electron chi connectivity index (χ3n) is 4.90. The van der Waals surface area contributed by atoms with E-state index in [0.29, 0.717) is 5.69 Å². The Labute approximate surface area is 147 Å². The number of pyridine rings is 1. The number of benzene rings is 1. The zero-order valence-corrected chi connectivity index (χ0v) is 14.7. The summed E-state index contributed by atoms with van der Waals surface area (Å²) in [6.45, 7) is 3.17. The van der Waals surface area contributed by atoms with E-state index in [-0.39, 0.29) is 18.1 Å². The van der Waals surface area contributed by atoms with Gasteiger partial charge in [0.05, 0.1) is 12.6 Å². The predicted molar refractivity (Wildman–Crippen MR) is 96.3 cm³/mol. The third-order valence-corrected chi connectivity index (χ3v) is 4.90. The highest BCUT2D eigenvalue weighted by atomic mass is 16.3. The van der Waals surface area contributed by atoms with Gasteiger partial charge in [-0.2, -0.15) is 0 Å². The fourth-order valence-corrected chi connectivity index (χ4v) is 3.42. The normalized spacial score (nSPS) is 18.9. The smallest absolute Gasteiger partial charge is 0.254 e. The Kier molecular flexibility index (Phi) is 4.77. The van der Waals surface area contributed by atoms with Crippen LogP contribution in [-0.4, -0.2) is 21.2 Å². The summed E-state index contributed by atoms with van der Waals surface area (Å²) in [6.07, 6.45) is 2.86. The lowest BCUT2D eigenvalue weighted by atomic mass is 9.87. The Morgan fingerprint density at radius 3 is 2.80 bits per heavy atom. The zero-order chi connectivity index (χ0) is 18.0. The van der Waals surface area contributed by atoms with Crippen molar-refractivity contribution in [3.05, 3.63) is 69.6 Å². The molecule has 1 aliphatic rings. The van der Waals surface area contributed by atoms with Crippen molar-refractivity contribution in [3.63, 3.8) is 0 Å². The van der Waals surface area contributed by atoms with Crippen molar-refractivity contribution in [2.75, 3.05) is 0 Å². The molecule has 1 aromatic carbocycles. The van der Waals surface area contributed by atoms with E-state index in [0.717, 1.165) is 24.8 Å². The average Bonchev–Trinajstić information content (AvgIpc) is 2.58. The van der Waals surface area contributed by atoms with Crippen LogP contribution in [0.1, 0.15) is 42.6 Å². The van der Waals surface area contributed by atoms with Crippen LogP contribution >= 0.6 is 0 Å². The molecule has 2 N–H and O–H groups in total. The van der Waals surface area contributed by atoms with E-state index < -0.39 is 11.5 Å². The van der Waals surface area contributed by atoms with E-state index in [1.807, 2.05) is 18.2 Å². The molecule has 1 aromatic heterocycles. The second-order valence-electron chi connectivity index (χ2n) is 6.98. The molecule has 0 spiro atoms. The number of nitrogens with zero attached hydrogens (tertiary/aromatic N) is 1. The van der Waals surface area contributed by atoms with Crippen LogP contribution in [0.15, 0.2) is 47.3 Å². The summed E-state index contributed by atoms with van der Waals surface area (Å²) in [7, 11) is 0. The maximum absolute atomic E-state index is 12.7. The zero-order valence-electron chi connectivity index (χ0n) is 14.7. The van der Waals surface area contributed by atoms with Crippen LogP contribution in [0, 0.1) is 6.92 Å². The van der Waals surface area contributed by atoms with Crippen molar-refractivity contribution in [2.24, 2.45) is 0 Å². The fourth-order valence-electron chi connectivity index (χ4n) is 3.42. The van der Waals surface area contributed by atoms with Gasteiger partial charge in [0, 0.05) is 11.8 Å². The first-order chi connectivity index (χ1) is 11.9. The number of carbonyl (C=O) groups excluding carboxylic acids is 1. The number of nitrogens with one attached hydrogen (secondary N) is 1. The number of aromatic nitrogens is 1. The molecule has 2 unspecified atom stereocenters. The number of aliphatic hydroxyl groups is 1. The van der Waals surface area contributed by atoms with E-state index >= 15 is 0 Å². The Balaban J connectivity index is 1.78. The molecule has 1 heterocycles. The first kappa shape index (κ1) is 17.4. The maximum atomic E-state index is 12.7. The molecule has 2 aromatic rings. The molecule has 0 saturated carbocycles. The van der Waals surface area contributed by atoms with Crippen LogP contribution < -0.4 is 10.9 Å². The van der Waals surface area contributed by atoms with Gasteiger partial charge in [-0.3, -0.25) is 9.59 Å². The topological polar surface area (TPSA) is 71.3 Å². The van der Waals surface area contributed by atoms with Crippen LogP contribution in [-0.2, 0) is 17.8 Å². The molecule has 0 fully saturated rings. The first-order valence-electron chi connectivity index (χ1n) is 8.66. The lowest BCUT2D eigenvalue weighted by Gasteiger charge is -2.30. The highest BCUT2D eigenvalue weighted by Gasteiger charge is 2.34. The van der Waals surface area contributed by atoms with E-state index in [1.54, 1.807) is 19.1 Å². The van der Waals surface area contributed by atoms with E-state index in [1.165, 1.54) is 23.1 Å². The molecule has 2 atom stereocenters. The van der Waals surface area contributed by atoms with Crippen molar-refractivity contribution >= 4 is 5.91 Å². The second kappa shape index (κ2) is 6.84. The number of aryl methyl sites for hydroxylation is 2. The number of hydrogen-bond acceptors (Lipinski definition) is 3. The van der Waals surface area contributed by atoms with E-state index in [9.17, 15) is 14.7 Å². The van der Waals surface area contributed by atoms with Crippen molar-refractivity contribution in [2.45, 2.75) is 51.3 Å². The van der Waals surface area contributed by atoms with Crippen LogP contribution in [0.2, 0.25) is 0 Å². The molecule has 5 heteroatoms. The lowest BCUT2D eigenvalue weighted by molar-refractivity contribution is -0.140.